The number of phenolic OH excluding ortho intramolecular Hbond substituents is 1. The molecule has 0 radical (unpaired) electrons. The van der Waals surface area contributed by atoms with Crippen molar-refractivity contribution in [3.8, 4) is 16.3 Å². The van der Waals surface area contributed by atoms with Gasteiger partial charge in [0.15, 0.2) is 0 Å². The van der Waals surface area contributed by atoms with Crippen molar-refractivity contribution in [1.29, 1.82) is 0 Å². The van der Waals surface area contributed by atoms with E-state index in [-0.39, 0.29) is 5.75 Å². The van der Waals surface area contributed by atoms with Gasteiger partial charge in [-0.05, 0) is 24.3 Å². The van der Waals surface area contributed by atoms with Crippen molar-refractivity contribution in [2.24, 2.45) is 0 Å². The van der Waals surface area contributed by atoms with E-state index in [1.165, 1.54) is 17.4 Å². The first-order valence-corrected chi connectivity index (χ1v) is 6.24. The average Bonchev–Trinajstić information content (AvgIpc) is 2.81. The van der Waals surface area contributed by atoms with Crippen LogP contribution in [0.4, 0.5) is 0 Å². The van der Waals surface area contributed by atoms with Gasteiger partial charge in [0.1, 0.15) is 17.0 Å². The predicted octanol–water partition coefficient (Wildman–Crippen LogP) is 3.48. The van der Waals surface area contributed by atoms with E-state index in [2.05, 4.69) is 4.98 Å². The summed E-state index contributed by atoms with van der Waals surface area (Å²) in [5, 5.41) is 10.7. The van der Waals surface area contributed by atoms with Gasteiger partial charge in [0.25, 0.3) is 0 Å². The van der Waals surface area contributed by atoms with Gasteiger partial charge in [-0.15, -0.1) is 11.3 Å². The smallest absolute Gasteiger partial charge is 0.150 e. The van der Waals surface area contributed by atoms with Gasteiger partial charge in [-0.2, -0.15) is 0 Å². The zero-order valence-electron chi connectivity index (χ0n) is 9.33. The van der Waals surface area contributed by atoms with E-state index in [0.717, 1.165) is 15.2 Å². The number of hydrogen-bond acceptors (Lipinski definition) is 4. The Morgan fingerprint density at radius 3 is 2.72 bits per heavy atom. The molecule has 0 unspecified atom stereocenters. The van der Waals surface area contributed by atoms with Gasteiger partial charge in [0, 0.05) is 5.56 Å². The van der Waals surface area contributed by atoms with E-state index in [4.69, 9.17) is 0 Å². The van der Waals surface area contributed by atoms with E-state index in [1.807, 2.05) is 24.3 Å². The number of aldehydes is 1. The maximum absolute atomic E-state index is 10.6. The summed E-state index contributed by atoms with van der Waals surface area (Å²) in [7, 11) is 0. The van der Waals surface area contributed by atoms with Gasteiger partial charge in [-0.25, -0.2) is 4.98 Å². The zero-order chi connectivity index (χ0) is 12.5. The summed E-state index contributed by atoms with van der Waals surface area (Å²) >= 11 is 1.52. The Balaban J connectivity index is 2.16. The number of aromatic nitrogens is 1. The Kier molecular flexibility index (Phi) is 2.57. The number of thiazole rings is 1. The molecule has 0 aliphatic heterocycles. The lowest BCUT2D eigenvalue weighted by molar-refractivity contribution is 0.112. The molecule has 0 amide bonds. The third kappa shape index (κ3) is 1.76. The number of nitrogens with zero attached hydrogens (tertiary/aromatic N) is 1. The Labute approximate surface area is 107 Å². The summed E-state index contributed by atoms with van der Waals surface area (Å²) in [5.74, 6) is 0.0821. The van der Waals surface area contributed by atoms with Gasteiger partial charge >= 0.3 is 0 Å². The SMILES string of the molecule is O=Cc1ccc(-c2nc3ccccc3s2)c(O)c1. The van der Waals surface area contributed by atoms with Crippen LogP contribution in [0, 0.1) is 0 Å². The molecule has 1 heterocycles. The Bertz CT molecular complexity index is 700. The highest BCUT2D eigenvalue weighted by molar-refractivity contribution is 7.21. The molecular formula is C14H9NO2S. The zero-order valence-corrected chi connectivity index (χ0v) is 10.1. The molecule has 18 heavy (non-hydrogen) atoms. The van der Waals surface area contributed by atoms with Crippen LogP contribution in [-0.2, 0) is 0 Å². The van der Waals surface area contributed by atoms with Crippen LogP contribution < -0.4 is 0 Å². The molecule has 0 saturated carbocycles. The second-order valence-corrected chi connectivity index (χ2v) is 4.91. The lowest BCUT2D eigenvalue weighted by Gasteiger charge is -2.00. The number of fused-ring (bicyclic) bond motifs is 1. The lowest BCUT2D eigenvalue weighted by atomic mass is 10.1. The van der Waals surface area contributed by atoms with Gasteiger partial charge in [0.2, 0.25) is 0 Å². The molecule has 4 heteroatoms. The Morgan fingerprint density at radius 1 is 1.17 bits per heavy atom. The normalized spacial score (nSPS) is 10.7. The number of carbonyl (C=O) groups excluding carboxylic acids is 1. The highest BCUT2D eigenvalue weighted by Gasteiger charge is 2.10. The summed E-state index contributed by atoms with van der Waals surface area (Å²) in [6.45, 7) is 0. The van der Waals surface area contributed by atoms with E-state index < -0.39 is 0 Å². The minimum absolute atomic E-state index is 0.0821. The van der Waals surface area contributed by atoms with E-state index in [1.54, 1.807) is 12.1 Å². The molecule has 0 spiro atoms. The molecule has 0 aliphatic carbocycles. The second kappa shape index (κ2) is 4.23. The van der Waals surface area contributed by atoms with Gasteiger partial charge in [-0.3, -0.25) is 4.79 Å². The van der Waals surface area contributed by atoms with Crippen molar-refractivity contribution in [2.45, 2.75) is 0 Å². The highest BCUT2D eigenvalue weighted by atomic mass is 32.1. The number of para-hydroxylation sites is 1. The first kappa shape index (κ1) is 10.9. The molecule has 2 aromatic carbocycles. The quantitative estimate of drug-likeness (QED) is 0.713. The Hall–Kier alpha value is -2.20. The van der Waals surface area contributed by atoms with Crippen LogP contribution in [-0.4, -0.2) is 16.4 Å². The average molecular weight is 255 g/mol. The fourth-order valence-electron chi connectivity index (χ4n) is 1.79. The topological polar surface area (TPSA) is 50.2 Å². The van der Waals surface area contributed by atoms with Crippen molar-refractivity contribution < 1.29 is 9.90 Å². The molecule has 3 nitrogen and oxygen atoms in total. The van der Waals surface area contributed by atoms with Gasteiger partial charge in [0.05, 0.1) is 15.8 Å². The van der Waals surface area contributed by atoms with Crippen molar-refractivity contribution in [3.63, 3.8) is 0 Å². The largest absolute Gasteiger partial charge is 0.507 e. The molecule has 0 fully saturated rings. The third-order valence-corrected chi connectivity index (χ3v) is 3.75. The van der Waals surface area contributed by atoms with Crippen LogP contribution in [0.3, 0.4) is 0 Å². The molecule has 0 saturated heterocycles. The molecule has 1 aromatic heterocycles. The van der Waals surface area contributed by atoms with E-state index >= 15 is 0 Å². The number of rotatable bonds is 2. The second-order valence-electron chi connectivity index (χ2n) is 3.88. The number of benzene rings is 2. The maximum atomic E-state index is 10.6. The fourth-order valence-corrected chi connectivity index (χ4v) is 2.79. The summed E-state index contributed by atoms with van der Waals surface area (Å²) < 4.78 is 1.08. The molecule has 3 rings (SSSR count). The minimum atomic E-state index is 0.0821. The highest BCUT2D eigenvalue weighted by Crippen LogP contribution is 2.35. The fraction of sp³-hybridized carbons (Fsp3) is 0. The Morgan fingerprint density at radius 2 is 2.00 bits per heavy atom. The molecule has 1 N–H and O–H groups in total. The van der Waals surface area contributed by atoms with Crippen LogP contribution in [0.5, 0.6) is 5.75 Å². The van der Waals surface area contributed by atoms with Gasteiger partial charge < -0.3 is 5.11 Å². The van der Waals surface area contributed by atoms with Crippen molar-refractivity contribution in [2.75, 3.05) is 0 Å². The van der Waals surface area contributed by atoms with Crippen LogP contribution in [0.25, 0.3) is 20.8 Å². The molecular weight excluding hydrogens is 246 g/mol. The first-order valence-electron chi connectivity index (χ1n) is 5.42. The summed E-state index contributed by atoms with van der Waals surface area (Å²) in [4.78, 5) is 15.1. The van der Waals surface area contributed by atoms with Crippen LogP contribution in [0.1, 0.15) is 10.4 Å². The molecule has 88 valence electrons. The lowest BCUT2D eigenvalue weighted by Crippen LogP contribution is -1.82. The summed E-state index contributed by atoms with van der Waals surface area (Å²) in [6, 6.07) is 12.7. The minimum Gasteiger partial charge on any atom is -0.507 e. The predicted molar refractivity (Wildman–Crippen MR) is 72.1 cm³/mol. The number of carbonyl (C=O) groups is 1. The monoisotopic (exact) mass is 255 g/mol. The molecule has 0 bridgehead atoms. The third-order valence-electron chi connectivity index (χ3n) is 2.68. The van der Waals surface area contributed by atoms with Crippen LogP contribution >= 0.6 is 11.3 Å². The van der Waals surface area contributed by atoms with Crippen molar-refractivity contribution in [3.05, 3.63) is 48.0 Å². The van der Waals surface area contributed by atoms with Crippen LogP contribution in [0.15, 0.2) is 42.5 Å². The number of hydrogen-bond donors (Lipinski definition) is 1. The van der Waals surface area contributed by atoms with E-state index in [0.29, 0.717) is 17.4 Å². The first-order chi connectivity index (χ1) is 8.78. The van der Waals surface area contributed by atoms with Crippen molar-refractivity contribution in [1.82, 2.24) is 4.98 Å². The summed E-state index contributed by atoms with van der Waals surface area (Å²) in [6.07, 6.45) is 0.710. The van der Waals surface area contributed by atoms with Crippen molar-refractivity contribution >= 4 is 27.8 Å². The molecule has 3 aromatic rings. The van der Waals surface area contributed by atoms with Gasteiger partial charge in [-0.1, -0.05) is 18.2 Å². The summed E-state index contributed by atoms with van der Waals surface area (Å²) in [5.41, 5.74) is 2.02. The number of phenols is 1. The molecule has 0 aliphatic rings. The maximum Gasteiger partial charge on any atom is 0.150 e. The number of aromatic hydroxyl groups is 1. The molecule has 0 atom stereocenters. The van der Waals surface area contributed by atoms with E-state index in [9.17, 15) is 9.90 Å². The van der Waals surface area contributed by atoms with Crippen LogP contribution in [0.2, 0.25) is 0 Å². The standard InChI is InChI=1S/C14H9NO2S/c16-8-9-5-6-10(12(17)7-9)14-15-11-3-1-2-4-13(11)18-14/h1-8,17H.